The first-order valence-corrected chi connectivity index (χ1v) is 7.11. The summed E-state index contributed by atoms with van der Waals surface area (Å²) in [4.78, 5) is 22.8. The number of hydrogen-bond acceptors (Lipinski definition) is 5. The van der Waals surface area contributed by atoms with Crippen LogP contribution in [0.1, 0.15) is 27.6 Å². The highest BCUT2D eigenvalue weighted by Crippen LogP contribution is 2.21. The van der Waals surface area contributed by atoms with E-state index in [-0.39, 0.29) is 23.4 Å². The number of carbonyl (C=O) groups excluding carboxylic acids is 2. The summed E-state index contributed by atoms with van der Waals surface area (Å²) in [5.41, 5.74) is 5.93. The summed E-state index contributed by atoms with van der Waals surface area (Å²) in [6.45, 7) is 1.46. The van der Waals surface area contributed by atoms with E-state index in [9.17, 15) is 18.0 Å². The van der Waals surface area contributed by atoms with Crippen molar-refractivity contribution in [2.75, 3.05) is 11.3 Å². The molecule has 0 saturated heterocycles. The molecule has 4 N–H and O–H groups in total. The molecule has 0 aliphatic carbocycles. The van der Waals surface area contributed by atoms with Crippen molar-refractivity contribution in [2.24, 2.45) is 5.73 Å². The van der Waals surface area contributed by atoms with Gasteiger partial charge in [0.2, 0.25) is 10.0 Å². The Hall–Kier alpha value is -1.93. The Morgan fingerprint density at radius 3 is 2.53 bits per heavy atom. The molecule has 1 unspecified atom stereocenters. The summed E-state index contributed by atoms with van der Waals surface area (Å²) in [6.07, 6.45) is 0. The molecule has 1 heterocycles. The lowest BCUT2D eigenvalue weighted by Crippen LogP contribution is -2.31. The normalized spacial score (nSPS) is 15.9. The molecule has 1 aliphatic rings. The number of anilines is 1. The lowest BCUT2D eigenvalue weighted by molar-refractivity contribution is 0.0879. The number of nitrogens with one attached hydrogen (secondary N) is 2. The number of benzene rings is 1. The lowest BCUT2D eigenvalue weighted by atomic mass is 10.1. The molecule has 0 saturated carbocycles. The first kappa shape index (κ1) is 13.5. The van der Waals surface area contributed by atoms with Gasteiger partial charge < -0.3 is 5.73 Å². The fourth-order valence-corrected chi connectivity index (χ4v) is 2.53. The molecule has 7 nitrogen and oxygen atoms in total. The van der Waals surface area contributed by atoms with Crippen LogP contribution in [0.25, 0.3) is 0 Å². The average Bonchev–Trinajstić information content (AvgIpc) is 2.63. The van der Waals surface area contributed by atoms with Crippen LogP contribution in [0.15, 0.2) is 18.2 Å². The second kappa shape index (κ2) is 4.63. The number of imide groups is 1. The van der Waals surface area contributed by atoms with Gasteiger partial charge in [-0.1, -0.05) is 0 Å². The van der Waals surface area contributed by atoms with Gasteiger partial charge in [-0.05, 0) is 25.1 Å². The largest absolute Gasteiger partial charge is 0.329 e. The van der Waals surface area contributed by atoms with Gasteiger partial charge in [0.1, 0.15) is 0 Å². The zero-order valence-corrected chi connectivity index (χ0v) is 11.0. The first-order valence-electron chi connectivity index (χ1n) is 5.56. The van der Waals surface area contributed by atoms with E-state index < -0.39 is 27.1 Å². The Morgan fingerprint density at radius 2 is 1.89 bits per heavy atom. The molecule has 0 bridgehead atoms. The van der Waals surface area contributed by atoms with E-state index in [0.29, 0.717) is 0 Å². The Kier molecular flexibility index (Phi) is 3.29. The summed E-state index contributed by atoms with van der Waals surface area (Å²) in [6, 6.07) is 4.16. The van der Waals surface area contributed by atoms with Crippen molar-refractivity contribution in [2.45, 2.75) is 12.2 Å². The molecule has 1 aromatic rings. The fraction of sp³-hybridized carbons (Fsp3) is 0.273. The van der Waals surface area contributed by atoms with Crippen molar-refractivity contribution in [3.8, 4) is 0 Å². The predicted molar refractivity (Wildman–Crippen MR) is 69.3 cm³/mol. The van der Waals surface area contributed by atoms with Crippen LogP contribution in [0, 0.1) is 0 Å². The van der Waals surface area contributed by atoms with Crippen LogP contribution in [0.4, 0.5) is 5.69 Å². The van der Waals surface area contributed by atoms with Crippen LogP contribution < -0.4 is 15.8 Å². The third-order valence-electron chi connectivity index (χ3n) is 2.86. The molecule has 2 amide bonds. The van der Waals surface area contributed by atoms with Gasteiger partial charge in [0.15, 0.2) is 0 Å². The van der Waals surface area contributed by atoms with Crippen molar-refractivity contribution in [1.29, 1.82) is 0 Å². The zero-order valence-electron chi connectivity index (χ0n) is 10.1. The van der Waals surface area contributed by atoms with Gasteiger partial charge in [0, 0.05) is 12.2 Å². The van der Waals surface area contributed by atoms with E-state index in [1.807, 2.05) is 0 Å². The fourth-order valence-electron chi connectivity index (χ4n) is 1.62. The third kappa shape index (κ3) is 2.45. The molecule has 1 atom stereocenters. The molecule has 0 spiro atoms. The smallest absolute Gasteiger partial charge is 0.259 e. The number of nitrogens with two attached hydrogens (primary N) is 1. The Bertz CT molecular complexity index is 654. The summed E-state index contributed by atoms with van der Waals surface area (Å²) in [5, 5.41) is 1.38. The highest BCUT2D eigenvalue weighted by atomic mass is 32.2. The molecule has 1 aliphatic heterocycles. The Labute approximate surface area is 110 Å². The first-order chi connectivity index (χ1) is 8.85. The van der Waals surface area contributed by atoms with Gasteiger partial charge in [0.05, 0.1) is 16.4 Å². The predicted octanol–water partition coefficient (Wildman–Crippen LogP) is -0.341. The van der Waals surface area contributed by atoms with Crippen LogP contribution >= 0.6 is 0 Å². The summed E-state index contributed by atoms with van der Waals surface area (Å²) < 4.78 is 26.0. The van der Waals surface area contributed by atoms with Crippen molar-refractivity contribution in [3.05, 3.63) is 29.3 Å². The number of sulfonamides is 1. The maximum Gasteiger partial charge on any atom is 0.259 e. The molecule has 2 rings (SSSR count). The monoisotopic (exact) mass is 283 g/mol. The van der Waals surface area contributed by atoms with Gasteiger partial charge in [-0.2, -0.15) is 0 Å². The molecule has 1 aromatic carbocycles. The molecule has 0 fully saturated rings. The second-order valence-corrected chi connectivity index (χ2v) is 6.34. The minimum atomic E-state index is -3.60. The van der Waals surface area contributed by atoms with E-state index in [4.69, 9.17) is 5.73 Å². The van der Waals surface area contributed by atoms with E-state index in [1.54, 1.807) is 0 Å². The van der Waals surface area contributed by atoms with Gasteiger partial charge in [0.25, 0.3) is 11.8 Å². The molecule has 19 heavy (non-hydrogen) atoms. The van der Waals surface area contributed by atoms with Crippen LogP contribution in [0.2, 0.25) is 0 Å². The van der Waals surface area contributed by atoms with Gasteiger partial charge in [-0.15, -0.1) is 0 Å². The number of carbonyl (C=O) groups is 2. The average molecular weight is 283 g/mol. The zero-order chi connectivity index (χ0) is 14.2. The van der Waals surface area contributed by atoms with Crippen LogP contribution in [-0.2, 0) is 10.0 Å². The quantitative estimate of drug-likeness (QED) is 0.653. The van der Waals surface area contributed by atoms with Gasteiger partial charge in [-0.3, -0.25) is 19.6 Å². The Morgan fingerprint density at radius 1 is 1.26 bits per heavy atom. The molecule has 0 radical (unpaired) electrons. The van der Waals surface area contributed by atoms with Gasteiger partial charge >= 0.3 is 0 Å². The Balaban J connectivity index is 2.32. The maximum absolute atomic E-state index is 11.8. The number of amides is 2. The van der Waals surface area contributed by atoms with Gasteiger partial charge in [-0.25, -0.2) is 8.42 Å². The van der Waals surface area contributed by atoms with Crippen molar-refractivity contribution in [1.82, 2.24) is 5.32 Å². The van der Waals surface area contributed by atoms with E-state index in [0.717, 1.165) is 0 Å². The maximum atomic E-state index is 11.8. The van der Waals surface area contributed by atoms with Crippen LogP contribution in [-0.4, -0.2) is 32.0 Å². The van der Waals surface area contributed by atoms with Crippen LogP contribution in [0.5, 0.6) is 0 Å². The summed E-state index contributed by atoms with van der Waals surface area (Å²) in [7, 11) is -3.60. The lowest BCUT2D eigenvalue weighted by Gasteiger charge is -2.13. The summed E-state index contributed by atoms with van der Waals surface area (Å²) in [5.74, 6) is -1.02. The van der Waals surface area contributed by atoms with Crippen molar-refractivity contribution >= 4 is 27.5 Å². The number of hydrogen-bond donors (Lipinski definition) is 3. The highest BCUT2D eigenvalue weighted by Gasteiger charge is 2.27. The standard InChI is InChI=1S/C11H13N3O4S/c1-6(5-12)19(17,18)14-7-2-3-8-9(4-7)11(16)13-10(8)15/h2-4,6,14H,5,12H2,1H3,(H,13,15,16). The summed E-state index contributed by atoms with van der Waals surface area (Å²) >= 11 is 0. The van der Waals surface area contributed by atoms with Crippen LogP contribution in [0.3, 0.4) is 0 Å². The molecular formula is C11H13N3O4S. The van der Waals surface area contributed by atoms with Crippen molar-refractivity contribution < 1.29 is 18.0 Å². The van der Waals surface area contributed by atoms with E-state index >= 15 is 0 Å². The molecule has 0 aromatic heterocycles. The molecule has 8 heteroatoms. The van der Waals surface area contributed by atoms with Crippen molar-refractivity contribution in [3.63, 3.8) is 0 Å². The third-order valence-corrected chi connectivity index (χ3v) is 4.63. The second-order valence-electron chi connectivity index (χ2n) is 4.24. The minimum Gasteiger partial charge on any atom is -0.329 e. The highest BCUT2D eigenvalue weighted by molar-refractivity contribution is 7.93. The topological polar surface area (TPSA) is 118 Å². The molecule has 102 valence electrons. The SMILES string of the molecule is CC(CN)S(=O)(=O)Nc1ccc2c(c1)C(=O)NC2=O. The minimum absolute atomic E-state index is 0.0146. The van der Waals surface area contributed by atoms with E-state index in [2.05, 4.69) is 10.0 Å². The van der Waals surface area contributed by atoms with E-state index in [1.165, 1.54) is 25.1 Å². The number of rotatable bonds is 4. The molecular weight excluding hydrogens is 270 g/mol. The number of fused-ring (bicyclic) bond motifs is 1.